The fraction of sp³-hybridized carbons (Fsp3) is 0.227. The first kappa shape index (κ1) is 18.9. The van der Waals surface area contributed by atoms with Crippen molar-refractivity contribution in [3.63, 3.8) is 0 Å². The number of aliphatic carboxylic acids is 1. The summed E-state index contributed by atoms with van der Waals surface area (Å²) in [6.45, 7) is -0.292. The van der Waals surface area contributed by atoms with Crippen LogP contribution in [0.2, 0.25) is 0 Å². The number of ether oxygens (including phenoxy) is 1. The molecule has 1 heterocycles. The van der Waals surface area contributed by atoms with Gasteiger partial charge in [0.25, 0.3) is 5.91 Å². The number of carbonyl (C=O) groups excluding carboxylic acids is 2. The molecule has 0 radical (unpaired) electrons. The monoisotopic (exact) mass is 395 g/mol. The number of carboxylic acid groups (broad SMARTS) is 1. The maximum Gasteiger partial charge on any atom is 0.311 e. The lowest BCUT2D eigenvalue weighted by Gasteiger charge is -2.29. The predicted molar refractivity (Wildman–Crippen MR) is 103 cm³/mol. The van der Waals surface area contributed by atoms with Crippen molar-refractivity contribution in [2.75, 3.05) is 18.6 Å². The van der Waals surface area contributed by atoms with Crippen LogP contribution >= 0.6 is 0 Å². The van der Waals surface area contributed by atoms with Crippen molar-refractivity contribution in [1.29, 1.82) is 0 Å². The van der Waals surface area contributed by atoms with Gasteiger partial charge < -0.3 is 9.84 Å². The quantitative estimate of drug-likeness (QED) is 0.860. The van der Waals surface area contributed by atoms with Crippen LogP contribution in [-0.4, -0.2) is 36.4 Å². The van der Waals surface area contributed by atoms with Gasteiger partial charge in [-0.1, -0.05) is 18.2 Å². The fourth-order valence-electron chi connectivity index (χ4n) is 3.95. The summed E-state index contributed by atoms with van der Waals surface area (Å²) >= 11 is 0. The van der Waals surface area contributed by atoms with Crippen LogP contribution in [0.15, 0.2) is 53.6 Å². The highest BCUT2D eigenvalue weighted by atomic mass is 19.1. The molecule has 2 aromatic rings. The Morgan fingerprint density at radius 3 is 2.62 bits per heavy atom. The van der Waals surface area contributed by atoms with Gasteiger partial charge in [-0.3, -0.25) is 19.3 Å². The van der Waals surface area contributed by atoms with Crippen LogP contribution in [-0.2, 0) is 14.4 Å². The number of amides is 1. The lowest BCUT2D eigenvalue weighted by atomic mass is 9.94. The predicted octanol–water partition coefficient (Wildman–Crippen LogP) is 3.21. The number of hydrogen-bond donors (Lipinski definition) is 1. The van der Waals surface area contributed by atoms with Gasteiger partial charge in [-0.05, 0) is 48.2 Å². The van der Waals surface area contributed by atoms with Gasteiger partial charge in [0.15, 0.2) is 5.78 Å². The van der Waals surface area contributed by atoms with E-state index < -0.39 is 23.6 Å². The number of nitrogens with zero attached hydrogens (tertiary/aromatic N) is 1. The molecule has 1 unspecified atom stereocenters. The first-order valence-electron chi connectivity index (χ1n) is 9.15. The third-order valence-corrected chi connectivity index (χ3v) is 5.41. The molecule has 1 N–H and O–H groups in total. The minimum atomic E-state index is -1.15. The van der Waals surface area contributed by atoms with Gasteiger partial charge >= 0.3 is 5.97 Å². The SMILES string of the molecule is COc1cccc(-c2ccc(N3CC(=O)C4=C(C3=O)C(C(=O)O)CC4)c(F)c2)c1. The van der Waals surface area contributed by atoms with Gasteiger partial charge in [0, 0.05) is 11.1 Å². The first-order chi connectivity index (χ1) is 13.9. The summed E-state index contributed by atoms with van der Waals surface area (Å²) in [5, 5.41) is 9.37. The van der Waals surface area contributed by atoms with Crippen LogP contribution in [0.5, 0.6) is 5.75 Å². The molecule has 1 aliphatic carbocycles. The third kappa shape index (κ3) is 3.18. The number of halogens is 1. The average molecular weight is 395 g/mol. The van der Waals surface area contributed by atoms with Crippen LogP contribution in [0.1, 0.15) is 12.8 Å². The second-order valence-electron chi connectivity index (χ2n) is 7.03. The van der Waals surface area contributed by atoms with E-state index in [1.807, 2.05) is 0 Å². The Hall–Kier alpha value is -3.48. The molecule has 2 aliphatic rings. The summed E-state index contributed by atoms with van der Waals surface area (Å²) in [5.41, 5.74) is 1.54. The summed E-state index contributed by atoms with van der Waals surface area (Å²) in [7, 11) is 1.54. The highest BCUT2D eigenvalue weighted by Crippen LogP contribution is 2.39. The van der Waals surface area contributed by atoms with Crippen molar-refractivity contribution in [2.45, 2.75) is 12.8 Å². The number of benzene rings is 2. The zero-order chi connectivity index (χ0) is 20.7. The van der Waals surface area contributed by atoms with Gasteiger partial charge in [0.2, 0.25) is 0 Å². The molecule has 7 heteroatoms. The molecular weight excluding hydrogens is 377 g/mol. The Morgan fingerprint density at radius 1 is 1.17 bits per heavy atom. The standard InChI is InChI=1S/C22H18FNO5/c1-29-14-4-2-3-12(9-14)13-5-8-18(17(23)10-13)24-11-19(25)15-6-7-16(22(27)28)20(15)21(24)26/h2-5,8-10,16H,6-7,11H2,1H3,(H,27,28). The van der Waals surface area contributed by atoms with Crippen molar-refractivity contribution in [3.05, 3.63) is 59.4 Å². The number of methoxy groups -OCH3 is 1. The molecule has 4 rings (SSSR count). The summed E-state index contributed by atoms with van der Waals surface area (Å²) in [6.07, 6.45) is 0.477. The molecule has 29 heavy (non-hydrogen) atoms. The van der Waals surface area contributed by atoms with Crippen molar-refractivity contribution in [3.8, 4) is 16.9 Å². The molecule has 0 bridgehead atoms. The number of carbonyl (C=O) groups is 3. The number of ketones is 1. The smallest absolute Gasteiger partial charge is 0.311 e. The average Bonchev–Trinajstić information content (AvgIpc) is 3.17. The minimum Gasteiger partial charge on any atom is -0.497 e. The highest BCUT2D eigenvalue weighted by molar-refractivity contribution is 6.21. The number of Topliss-reactive ketones (excluding diaryl/α,β-unsaturated/α-hetero) is 1. The molecule has 6 nitrogen and oxygen atoms in total. The van der Waals surface area contributed by atoms with Gasteiger partial charge in [-0.2, -0.15) is 0 Å². The molecular formula is C22H18FNO5. The Balaban J connectivity index is 1.69. The third-order valence-electron chi connectivity index (χ3n) is 5.41. The zero-order valence-electron chi connectivity index (χ0n) is 15.6. The molecule has 0 saturated heterocycles. The minimum absolute atomic E-state index is 0.00924. The van der Waals surface area contributed by atoms with Crippen molar-refractivity contribution >= 4 is 23.3 Å². The van der Waals surface area contributed by atoms with Crippen LogP contribution < -0.4 is 9.64 Å². The van der Waals surface area contributed by atoms with E-state index in [1.165, 1.54) is 19.2 Å². The lowest BCUT2D eigenvalue weighted by molar-refractivity contribution is -0.141. The zero-order valence-corrected chi connectivity index (χ0v) is 15.6. The van der Waals surface area contributed by atoms with Gasteiger partial charge in [-0.15, -0.1) is 0 Å². The van der Waals surface area contributed by atoms with Gasteiger partial charge in [0.1, 0.15) is 11.6 Å². The van der Waals surface area contributed by atoms with Crippen LogP contribution in [0, 0.1) is 11.7 Å². The summed E-state index contributed by atoms with van der Waals surface area (Å²) < 4.78 is 20.1. The number of anilines is 1. The molecule has 148 valence electrons. The maximum absolute atomic E-state index is 14.9. The molecule has 1 amide bonds. The number of hydrogen-bond acceptors (Lipinski definition) is 4. The molecule has 2 aromatic carbocycles. The Kier molecular flexibility index (Phi) is 4.66. The van der Waals surface area contributed by atoms with Crippen molar-refractivity contribution in [1.82, 2.24) is 0 Å². The first-order valence-corrected chi connectivity index (χ1v) is 9.15. The molecule has 0 aromatic heterocycles. The van der Waals surface area contributed by atoms with E-state index in [0.29, 0.717) is 11.3 Å². The normalized spacial score (nSPS) is 18.8. The molecule has 0 fully saturated rings. The summed E-state index contributed by atoms with van der Waals surface area (Å²) in [5.74, 6) is -3.16. The van der Waals surface area contributed by atoms with Crippen LogP contribution in [0.25, 0.3) is 11.1 Å². The van der Waals surface area contributed by atoms with Gasteiger partial charge in [0.05, 0.1) is 25.3 Å². The van der Waals surface area contributed by atoms with Crippen molar-refractivity contribution in [2.24, 2.45) is 5.92 Å². The van der Waals surface area contributed by atoms with Gasteiger partial charge in [-0.25, -0.2) is 4.39 Å². The van der Waals surface area contributed by atoms with Crippen LogP contribution in [0.3, 0.4) is 0 Å². The van der Waals surface area contributed by atoms with Crippen LogP contribution in [0.4, 0.5) is 10.1 Å². The Morgan fingerprint density at radius 2 is 1.93 bits per heavy atom. The summed E-state index contributed by atoms with van der Waals surface area (Å²) in [6, 6.07) is 11.5. The second-order valence-corrected chi connectivity index (χ2v) is 7.03. The molecule has 0 saturated carbocycles. The highest BCUT2D eigenvalue weighted by Gasteiger charge is 2.44. The second kappa shape index (κ2) is 7.16. The fourth-order valence-corrected chi connectivity index (χ4v) is 3.95. The molecule has 0 spiro atoms. The van der Waals surface area contributed by atoms with E-state index in [4.69, 9.17) is 4.74 Å². The lowest BCUT2D eigenvalue weighted by Crippen LogP contribution is -2.43. The largest absolute Gasteiger partial charge is 0.497 e. The number of carboxylic acids is 1. The molecule has 1 atom stereocenters. The topological polar surface area (TPSA) is 83.9 Å². The van der Waals surface area contributed by atoms with E-state index in [1.54, 1.807) is 30.3 Å². The van der Waals surface area contributed by atoms with E-state index in [2.05, 4.69) is 0 Å². The van der Waals surface area contributed by atoms with E-state index >= 15 is 0 Å². The van der Waals surface area contributed by atoms with Crippen molar-refractivity contribution < 1.29 is 28.6 Å². The van der Waals surface area contributed by atoms with E-state index in [0.717, 1.165) is 10.5 Å². The van der Waals surface area contributed by atoms with E-state index in [-0.39, 0.29) is 42.0 Å². The Bertz CT molecular complexity index is 1070. The summed E-state index contributed by atoms with van der Waals surface area (Å²) in [4.78, 5) is 37.9. The maximum atomic E-state index is 14.9. The molecule has 1 aliphatic heterocycles. The number of rotatable bonds is 4. The van der Waals surface area contributed by atoms with E-state index in [9.17, 15) is 23.9 Å². The Labute approximate surface area is 166 Å².